The molecule has 0 saturated carbocycles. The van der Waals surface area contributed by atoms with Gasteiger partial charge in [-0.25, -0.2) is 5.43 Å². The Labute approximate surface area is 148 Å². The van der Waals surface area contributed by atoms with Gasteiger partial charge < -0.3 is 9.47 Å². The van der Waals surface area contributed by atoms with E-state index in [0.717, 1.165) is 0 Å². The van der Waals surface area contributed by atoms with Crippen molar-refractivity contribution in [2.24, 2.45) is 5.10 Å². The highest BCUT2D eigenvalue weighted by molar-refractivity contribution is 6.33. The fraction of sp³-hybridized carbons (Fsp3) is 0.125. The van der Waals surface area contributed by atoms with E-state index in [1.54, 1.807) is 24.3 Å². The summed E-state index contributed by atoms with van der Waals surface area (Å²) in [6, 6.07) is 10.8. The topological polar surface area (TPSA) is 103 Å². The van der Waals surface area contributed by atoms with Crippen LogP contribution in [0.4, 0.5) is 5.69 Å². The maximum absolute atomic E-state index is 11.7. The zero-order chi connectivity index (χ0) is 18.2. The Balaban J connectivity index is 1.92. The van der Waals surface area contributed by atoms with Crippen LogP contribution in [0.15, 0.2) is 47.6 Å². The van der Waals surface area contributed by atoms with E-state index in [1.165, 1.54) is 31.5 Å². The summed E-state index contributed by atoms with van der Waals surface area (Å²) in [7, 11) is 1.50. The van der Waals surface area contributed by atoms with Crippen molar-refractivity contribution >= 4 is 29.4 Å². The van der Waals surface area contributed by atoms with Crippen molar-refractivity contribution in [1.82, 2.24) is 5.43 Å². The van der Waals surface area contributed by atoms with Crippen molar-refractivity contribution in [3.05, 3.63) is 63.2 Å². The first-order chi connectivity index (χ1) is 12.0. The number of nitro benzene ring substituents is 1. The molecular weight excluding hydrogens is 350 g/mol. The van der Waals surface area contributed by atoms with Gasteiger partial charge in [-0.15, -0.1) is 0 Å². The third-order valence-corrected chi connectivity index (χ3v) is 3.36. The van der Waals surface area contributed by atoms with E-state index < -0.39 is 10.8 Å². The Hall–Kier alpha value is -3.13. The molecule has 0 aliphatic rings. The van der Waals surface area contributed by atoms with E-state index >= 15 is 0 Å². The number of non-ortho nitro benzene ring substituents is 1. The molecule has 0 heterocycles. The highest BCUT2D eigenvalue weighted by atomic mass is 35.5. The fourth-order valence-corrected chi connectivity index (χ4v) is 2.00. The summed E-state index contributed by atoms with van der Waals surface area (Å²) in [6.07, 6.45) is 1.22. The number of amides is 1. The van der Waals surface area contributed by atoms with Gasteiger partial charge in [0.2, 0.25) is 0 Å². The molecule has 130 valence electrons. The van der Waals surface area contributed by atoms with Gasteiger partial charge >= 0.3 is 0 Å². The third kappa shape index (κ3) is 5.18. The zero-order valence-electron chi connectivity index (χ0n) is 13.1. The quantitative estimate of drug-likeness (QED) is 0.463. The lowest BCUT2D eigenvalue weighted by Crippen LogP contribution is -2.24. The van der Waals surface area contributed by atoms with Crippen molar-refractivity contribution in [2.75, 3.05) is 13.7 Å². The molecule has 0 unspecified atom stereocenters. The summed E-state index contributed by atoms with van der Waals surface area (Å²) >= 11 is 5.93. The highest BCUT2D eigenvalue weighted by Gasteiger charge is 2.09. The Morgan fingerprint density at radius 1 is 1.32 bits per heavy atom. The largest absolute Gasteiger partial charge is 0.493 e. The van der Waals surface area contributed by atoms with Gasteiger partial charge in [-0.1, -0.05) is 23.7 Å². The normalized spacial score (nSPS) is 10.5. The minimum absolute atomic E-state index is 0.128. The molecule has 0 saturated heterocycles. The number of ether oxygens (including phenoxy) is 2. The second kappa shape index (κ2) is 8.65. The van der Waals surface area contributed by atoms with Gasteiger partial charge in [0.25, 0.3) is 11.6 Å². The summed E-state index contributed by atoms with van der Waals surface area (Å²) < 4.78 is 10.4. The molecule has 9 heteroatoms. The molecule has 0 spiro atoms. The van der Waals surface area contributed by atoms with E-state index in [-0.39, 0.29) is 17.3 Å². The van der Waals surface area contributed by atoms with Crippen molar-refractivity contribution in [1.29, 1.82) is 0 Å². The van der Waals surface area contributed by atoms with Crippen molar-refractivity contribution in [3.63, 3.8) is 0 Å². The van der Waals surface area contributed by atoms with E-state index in [4.69, 9.17) is 21.1 Å². The molecule has 0 fully saturated rings. The number of halogens is 1. The average Bonchev–Trinajstić information content (AvgIpc) is 2.61. The monoisotopic (exact) mass is 363 g/mol. The SMILES string of the molecule is COc1ccccc1OCC(=O)N/N=C\c1cc([N+](=O)[O-])ccc1Cl. The average molecular weight is 364 g/mol. The number of hydrogen-bond donors (Lipinski definition) is 1. The minimum atomic E-state index is -0.548. The van der Waals surface area contributed by atoms with E-state index in [0.29, 0.717) is 17.1 Å². The van der Waals surface area contributed by atoms with Crippen LogP contribution >= 0.6 is 11.6 Å². The molecule has 0 aliphatic heterocycles. The molecule has 1 N–H and O–H groups in total. The highest BCUT2D eigenvalue weighted by Crippen LogP contribution is 2.25. The van der Waals surface area contributed by atoms with Gasteiger partial charge in [-0.05, 0) is 18.2 Å². The van der Waals surface area contributed by atoms with Crippen LogP contribution in [0.2, 0.25) is 5.02 Å². The smallest absolute Gasteiger partial charge is 0.277 e. The van der Waals surface area contributed by atoms with Crippen LogP contribution in [-0.2, 0) is 4.79 Å². The molecule has 25 heavy (non-hydrogen) atoms. The number of benzene rings is 2. The number of methoxy groups -OCH3 is 1. The number of carbonyl (C=O) groups excluding carboxylic acids is 1. The Kier molecular flexibility index (Phi) is 6.30. The predicted octanol–water partition coefficient (Wildman–Crippen LogP) is 2.79. The fourth-order valence-electron chi connectivity index (χ4n) is 1.83. The first kappa shape index (κ1) is 18.2. The van der Waals surface area contributed by atoms with E-state index in [9.17, 15) is 14.9 Å². The van der Waals surface area contributed by atoms with Crippen LogP contribution in [0.25, 0.3) is 0 Å². The first-order valence-electron chi connectivity index (χ1n) is 7.03. The van der Waals surface area contributed by atoms with Crippen LogP contribution in [0.5, 0.6) is 11.5 Å². The molecule has 2 aromatic rings. The van der Waals surface area contributed by atoms with Gasteiger partial charge in [-0.3, -0.25) is 14.9 Å². The summed E-state index contributed by atoms with van der Waals surface area (Å²) in [5, 5.41) is 14.7. The second-order valence-electron chi connectivity index (χ2n) is 4.70. The summed E-state index contributed by atoms with van der Waals surface area (Å²) in [4.78, 5) is 21.9. The van der Waals surface area contributed by atoms with Crippen LogP contribution in [0.3, 0.4) is 0 Å². The molecule has 0 aliphatic carbocycles. The maximum Gasteiger partial charge on any atom is 0.277 e. The minimum Gasteiger partial charge on any atom is -0.493 e. The molecule has 0 aromatic heterocycles. The maximum atomic E-state index is 11.7. The standard InChI is InChI=1S/C16H14ClN3O5/c1-24-14-4-2-3-5-15(14)25-10-16(21)19-18-9-11-8-12(20(22)23)6-7-13(11)17/h2-9H,10H2,1H3,(H,19,21)/b18-9-. The Bertz CT molecular complexity index is 810. The van der Waals surface area contributed by atoms with Gasteiger partial charge in [-0.2, -0.15) is 5.10 Å². The van der Waals surface area contributed by atoms with Crippen LogP contribution in [0.1, 0.15) is 5.56 Å². The number of nitro groups is 1. The molecule has 0 atom stereocenters. The molecular formula is C16H14ClN3O5. The molecule has 2 aromatic carbocycles. The molecule has 1 amide bonds. The van der Waals surface area contributed by atoms with Crippen molar-refractivity contribution in [3.8, 4) is 11.5 Å². The number of carbonyl (C=O) groups is 1. The lowest BCUT2D eigenvalue weighted by Gasteiger charge is -2.09. The number of hydrazone groups is 1. The predicted molar refractivity (Wildman–Crippen MR) is 92.3 cm³/mol. The number of rotatable bonds is 7. The third-order valence-electron chi connectivity index (χ3n) is 3.01. The van der Waals surface area contributed by atoms with Crippen LogP contribution in [0, 0.1) is 10.1 Å². The van der Waals surface area contributed by atoms with Crippen LogP contribution < -0.4 is 14.9 Å². The van der Waals surface area contributed by atoms with Gasteiger partial charge in [0.05, 0.1) is 18.2 Å². The Morgan fingerprint density at radius 3 is 2.72 bits per heavy atom. The number of para-hydroxylation sites is 2. The number of nitrogens with zero attached hydrogens (tertiary/aromatic N) is 2. The van der Waals surface area contributed by atoms with E-state index in [1.807, 2.05) is 0 Å². The zero-order valence-corrected chi connectivity index (χ0v) is 13.9. The molecule has 2 rings (SSSR count). The lowest BCUT2D eigenvalue weighted by atomic mass is 10.2. The number of nitrogens with one attached hydrogen (secondary N) is 1. The summed E-state index contributed by atoms with van der Waals surface area (Å²) in [6.45, 7) is -0.277. The summed E-state index contributed by atoms with van der Waals surface area (Å²) in [5.74, 6) is 0.414. The molecule has 0 radical (unpaired) electrons. The van der Waals surface area contributed by atoms with Crippen molar-refractivity contribution in [2.45, 2.75) is 0 Å². The van der Waals surface area contributed by atoms with Crippen molar-refractivity contribution < 1.29 is 19.2 Å². The van der Waals surface area contributed by atoms with Gasteiger partial charge in [0.1, 0.15) is 0 Å². The second-order valence-corrected chi connectivity index (χ2v) is 5.10. The van der Waals surface area contributed by atoms with Gasteiger partial charge in [0.15, 0.2) is 18.1 Å². The molecule has 0 bridgehead atoms. The Morgan fingerprint density at radius 2 is 2.04 bits per heavy atom. The van der Waals surface area contributed by atoms with Crippen LogP contribution in [-0.4, -0.2) is 30.8 Å². The van der Waals surface area contributed by atoms with E-state index in [2.05, 4.69) is 10.5 Å². The van der Waals surface area contributed by atoms with Gasteiger partial charge in [0, 0.05) is 22.7 Å². The molecule has 8 nitrogen and oxygen atoms in total. The lowest BCUT2D eigenvalue weighted by molar-refractivity contribution is -0.384. The number of hydrogen-bond acceptors (Lipinski definition) is 6. The summed E-state index contributed by atoms with van der Waals surface area (Å²) in [5.41, 5.74) is 2.43. The first-order valence-corrected chi connectivity index (χ1v) is 7.40.